The van der Waals surface area contributed by atoms with Crippen molar-refractivity contribution in [3.8, 4) is 0 Å². The molecule has 1 N–H and O–H groups in total. The van der Waals surface area contributed by atoms with Gasteiger partial charge in [0.25, 0.3) is 0 Å². The quantitative estimate of drug-likeness (QED) is 0.683. The number of likely N-dealkylation sites (tertiary alicyclic amines) is 1. The molecule has 1 rings (SSSR count). The first-order chi connectivity index (χ1) is 8.27. The Balaban J connectivity index is 2.12. The summed E-state index contributed by atoms with van der Waals surface area (Å²) in [5.41, 5.74) is 0. The summed E-state index contributed by atoms with van der Waals surface area (Å²) < 4.78 is 5.24. The van der Waals surface area contributed by atoms with Gasteiger partial charge in [0, 0.05) is 32.7 Å². The first kappa shape index (κ1) is 14.5. The SMILES string of the molecule is CCOCCCC(=O)N1CCC(CNC)CC1. The molecule has 0 saturated carbocycles. The molecule has 100 valence electrons. The normalized spacial score (nSPS) is 17.4. The van der Waals surface area contributed by atoms with E-state index in [2.05, 4.69) is 5.32 Å². The van der Waals surface area contributed by atoms with Crippen LogP contribution in [0.15, 0.2) is 0 Å². The Bertz CT molecular complexity index is 213. The summed E-state index contributed by atoms with van der Waals surface area (Å²) in [4.78, 5) is 13.9. The van der Waals surface area contributed by atoms with E-state index in [1.54, 1.807) is 0 Å². The Morgan fingerprint density at radius 2 is 2.12 bits per heavy atom. The van der Waals surface area contributed by atoms with E-state index in [9.17, 15) is 4.79 Å². The number of rotatable bonds is 7. The summed E-state index contributed by atoms with van der Waals surface area (Å²) in [5, 5.41) is 3.21. The second kappa shape index (κ2) is 8.48. The third-order valence-corrected chi connectivity index (χ3v) is 3.34. The molecule has 0 radical (unpaired) electrons. The Labute approximate surface area is 105 Å². The topological polar surface area (TPSA) is 41.6 Å². The molecule has 4 heteroatoms. The largest absolute Gasteiger partial charge is 0.382 e. The van der Waals surface area contributed by atoms with Crippen molar-refractivity contribution < 1.29 is 9.53 Å². The van der Waals surface area contributed by atoms with E-state index in [1.165, 1.54) is 0 Å². The maximum Gasteiger partial charge on any atom is 0.222 e. The number of amides is 1. The van der Waals surface area contributed by atoms with Gasteiger partial charge in [-0.05, 0) is 45.7 Å². The van der Waals surface area contributed by atoms with Crippen molar-refractivity contribution in [3.05, 3.63) is 0 Å². The Morgan fingerprint density at radius 3 is 2.71 bits per heavy atom. The zero-order valence-corrected chi connectivity index (χ0v) is 11.2. The van der Waals surface area contributed by atoms with E-state index in [-0.39, 0.29) is 0 Å². The molecule has 0 aliphatic carbocycles. The van der Waals surface area contributed by atoms with Crippen molar-refractivity contribution in [2.45, 2.75) is 32.6 Å². The summed E-state index contributed by atoms with van der Waals surface area (Å²) in [5.74, 6) is 1.04. The van der Waals surface area contributed by atoms with E-state index >= 15 is 0 Å². The number of carbonyl (C=O) groups excluding carboxylic acids is 1. The maximum absolute atomic E-state index is 11.9. The zero-order chi connectivity index (χ0) is 12.5. The summed E-state index contributed by atoms with van der Waals surface area (Å²) >= 11 is 0. The van der Waals surface area contributed by atoms with E-state index in [4.69, 9.17) is 4.74 Å². The third-order valence-electron chi connectivity index (χ3n) is 3.34. The average Bonchev–Trinajstić information content (AvgIpc) is 2.36. The van der Waals surface area contributed by atoms with Crippen molar-refractivity contribution >= 4 is 5.91 Å². The average molecular weight is 242 g/mol. The van der Waals surface area contributed by atoms with Crippen LogP contribution in [0.5, 0.6) is 0 Å². The van der Waals surface area contributed by atoms with Crippen LogP contribution in [0.3, 0.4) is 0 Å². The fourth-order valence-corrected chi connectivity index (χ4v) is 2.30. The third kappa shape index (κ3) is 5.50. The molecule has 1 amide bonds. The molecule has 0 aromatic carbocycles. The molecule has 0 aromatic heterocycles. The molecule has 0 aromatic rings. The first-order valence-corrected chi connectivity index (χ1v) is 6.78. The van der Waals surface area contributed by atoms with Gasteiger partial charge in [0.15, 0.2) is 0 Å². The highest BCUT2D eigenvalue weighted by Gasteiger charge is 2.21. The van der Waals surface area contributed by atoms with Crippen LogP contribution in [0.2, 0.25) is 0 Å². The molecule has 0 atom stereocenters. The smallest absolute Gasteiger partial charge is 0.222 e. The van der Waals surface area contributed by atoms with Crippen LogP contribution >= 0.6 is 0 Å². The van der Waals surface area contributed by atoms with Crippen molar-refractivity contribution in [1.82, 2.24) is 10.2 Å². The highest BCUT2D eigenvalue weighted by Crippen LogP contribution is 2.17. The van der Waals surface area contributed by atoms with Gasteiger partial charge in [-0.2, -0.15) is 0 Å². The van der Waals surface area contributed by atoms with Crippen LogP contribution in [0.25, 0.3) is 0 Å². The van der Waals surface area contributed by atoms with Gasteiger partial charge in [-0.25, -0.2) is 0 Å². The molecule has 1 saturated heterocycles. The minimum absolute atomic E-state index is 0.299. The molecule has 17 heavy (non-hydrogen) atoms. The predicted octanol–water partition coefficient (Wildman–Crippen LogP) is 1.26. The molecular formula is C13H26N2O2. The zero-order valence-electron chi connectivity index (χ0n) is 11.2. The van der Waals surface area contributed by atoms with E-state index in [0.717, 1.165) is 51.4 Å². The second-order valence-corrected chi connectivity index (χ2v) is 4.68. The number of nitrogens with one attached hydrogen (secondary N) is 1. The predicted molar refractivity (Wildman–Crippen MR) is 69.0 cm³/mol. The Morgan fingerprint density at radius 1 is 1.41 bits per heavy atom. The molecule has 1 aliphatic rings. The molecule has 0 spiro atoms. The number of hydrogen-bond acceptors (Lipinski definition) is 3. The van der Waals surface area contributed by atoms with Crippen LogP contribution in [0.1, 0.15) is 32.6 Å². The van der Waals surface area contributed by atoms with Crippen molar-refractivity contribution in [3.63, 3.8) is 0 Å². The monoisotopic (exact) mass is 242 g/mol. The Kier molecular flexibility index (Phi) is 7.21. The second-order valence-electron chi connectivity index (χ2n) is 4.68. The fourth-order valence-electron chi connectivity index (χ4n) is 2.30. The van der Waals surface area contributed by atoms with Gasteiger partial charge in [0.05, 0.1) is 0 Å². The summed E-state index contributed by atoms with van der Waals surface area (Å²) in [6, 6.07) is 0. The lowest BCUT2D eigenvalue weighted by atomic mass is 9.96. The van der Waals surface area contributed by atoms with Crippen LogP contribution in [-0.2, 0) is 9.53 Å². The molecule has 0 bridgehead atoms. The van der Waals surface area contributed by atoms with Gasteiger partial charge < -0.3 is 15.0 Å². The molecule has 1 aliphatic heterocycles. The molecule has 1 heterocycles. The van der Waals surface area contributed by atoms with Crippen LogP contribution < -0.4 is 5.32 Å². The number of nitrogens with zero attached hydrogens (tertiary/aromatic N) is 1. The van der Waals surface area contributed by atoms with E-state index < -0.39 is 0 Å². The standard InChI is InChI=1S/C13H26N2O2/c1-3-17-10-4-5-13(16)15-8-6-12(7-9-15)11-14-2/h12,14H,3-11H2,1-2H3. The summed E-state index contributed by atoms with van der Waals surface area (Å²) in [6.45, 7) is 6.36. The van der Waals surface area contributed by atoms with Crippen LogP contribution in [0.4, 0.5) is 0 Å². The van der Waals surface area contributed by atoms with Crippen molar-refractivity contribution in [2.24, 2.45) is 5.92 Å². The van der Waals surface area contributed by atoms with E-state index in [0.29, 0.717) is 18.9 Å². The molecule has 4 nitrogen and oxygen atoms in total. The highest BCUT2D eigenvalue weighted by molar-refractivity contribution is 5.76. The van der Waals surface area contributed by atoms with E-state index in [1.807, 2.05) is 18.9 Å². The molecular weight excluding hydrogens is 216 g/mol. The van der Waals surface area contributed by atoms with Gasteiger partial charge in [0.2, 0.25) is 5.91 Å². The lowest BCUT2D eigenvalue weighted by molar-refractivity contribution is -0.132. The molecule has 1 fully saturated rings. The number of carbonyl (C=O) groups is 1. The van der Waals surface area contributed by atoms with Gasteiger partial charge in [-0.1, -0.05) is 0 Å². The number of piperidine rings is 1. The minimum Gasteiger partial charge on any atom is -0.382 e. The lowest BCUT2D eigenvalue weighted by Gasteiger charge is -2.32. The van der Waals surface area contributed by atoms with Crippen LogP contribution in [-0.4, -0.2) is 50.7 Å². The van der Waals surface area contributed by atoms with Gasteiger partial charge in [-0.3, -0.25) is 4.79 Å². The maximum atomic E-state index is 11.9. The fraction of sp³-hybridized carbons (Fsp3) is 0.923. The number of ether oxygens (including phenoxy) is 1. The highest BCUT2D eigenvalue weighted by atomic mass is 16.5. The molecule has 0 unspecified atom stereocenters. The van der Waals surface area contributed by atoms with Gasteiger partial charge in [0.1, 0.15) is 0 Å². The Hall–Kier alpha value is -0.610. The van der Waals surface area contributed by atoms with Crippen molar-refractivity contribution in [1.29, 1.82) is 0 Å². The minimum atomic E-state index is 0.299. The van der Waals surface area contributed by atoms with Gasteiger partial charge >= 0.3 is 0 Å². The van der Waals surface area contributed by atoms with Crippen molar-refractivity contribution in [2.75, 3.05) is 39.9 Å². The lowest BCUT2D eigenvalue weighted by Crippen LogP contribution is -2.40. The summed E-state index contributed by atoms with van der Waals surface area (Å²) in [6.07, 6.45) is 3.76. The first-order valence-electron chi connectivity index (χ1n) is 6.78. The number of hydrogen-bond donors (Lipinski definition) is 1. The van der Waals surface area contributed by atoms with Gasteiger partial charge in [-0.15, -0.1) is 0 Å². The van der Waals surface area contributed by atoms with Crippen LogP contribution in [0, 0.1) is 5.92 Å². The summed E-state index contributed by atoms with van der Waals surface area (Å²) in [7, 11) is 1.99.